The summed E-state index contributed by atoms with van der Waals surface area (Å²) in [6.07, 6.45) is 0.793. The third-order valence-electron chi connectivity index (χ3n) is 4.30. The van der Waals surface area contributed by atoms with E-state index in [9.17, 15) is 4.79 Å². The lowest BCUT2D eigenvalue weighted by molar-refractivity contribution is -0.137. The van der Waals surface area contributed by atoms with Gasteiger partial charge in [0.15, 0.2) is 5.78 Å². The fraction of sp³-hybridized carbons (Fsp3) is 0.562. The third-order valence-corrected chi connectivity index (χ3v) is 4.30. The fourth-order valence-corrected chi connectivity index (χ4v) is 2.98. The van der Waals surface area contributed by atoms with Gasteiger partial charge >= 0.3 is 0 Å². The van der Waals surface area contributed by atoms with E-state index in [0.717, 1.165) is 26.1 Å². The second-order valence-corrected chi connectivity index (χ2v) is 5.51. The maximum Gasteiger partial charge on any atom is 0.166 e. The van der Waals surface area contributed by atoms with Crippen LogP contribution in [-0.4, -0.2) is 43.0 Å². The number of carbonyl (C=O) groups excluding carboxylic acids is 1. The lowest BCUT2D eigenvalue weighted by Crippen LogP contribution is -2.46. The average molecular weight is 259 g/mol. The minimum absolute atomic E-state index is 0.184. The van der Waals surface area contributed by atoms with Crippen LogP contribution >= 0.6 is 0 Å². The molecule has 1 aliphatic carbocycles. The minimum Gasteiger partial charge on any atom is -0.368 e. The van der Waals surface area contributed by atoms with Crippen molar-refractivity contribution < 1.29 is 9.53 Å². The van der Waals surface area contributed by atoms with Crippen molar-refractivity contribution in [2.45, 2.75) is 25.4 Å². The van der Waals surface area contributed by atoms with Crippen molar-refractivity contribution in [2.75, 3.05) is 26.2 Å². The topological polar surface area (TPSA) is 29.5 Å². The van der Waals surface area contributed by atoms with Crippen molar-refractivity contribution in [3.8, 4) is 0 Å². The van der Waals surface area contributed by atoms with Gasteiger partial charge in [0.05, 0.1) is 6.61 Å². The molecule has 1 saturated carbocycles. The van der Waals surface area contributed by atoms with Gasteiger partial charge in [-0.05, 0) is 24.4 Å². The molecule has 1 heterocycles. The molecule has 0 bridgehead atoms. The van der Waals surface area contributed by atoms with E-state index in [-0.39, 0.29) is 12.0 Å². The third kappa shape index (κ3) is 2.72. The highest BCUT2D eigenvalue weighted by atomic mass is 16.5. The van der Waals surface area contributed by atoms with Crippen LogP contribution in [0.1, 0.15) is 24.8 Å². The van der Waals surface area contributed by atoms with E-state index in [1.54, 1.807) is 0 Å². The molecule has 0 aromatic heterocycles. The van der Waals surface area contributed by atoms with Crippen LogP contribution in [0.15, 0.2) is 30.3 Å². The normalized spacial score (nSPS) is 31.1. The minimum atomic E-state index is -0.201. The van der Waals surface area contributed by atoms with Crippen molar-refractivity contribution in [1.29, 1.82) is 0 Å². The van der Waals surface area contributed by atoms with Gasteiger partial charge in [-0.3, -0.25) is 9.69 Å². The summed E-state index contributed by atoms with van der Waals surface area (Å²) < 4.78 is 5.67. The molecule has 1 saturated heterocycles. The van der Waals surface area contributed by atoms with E-state index in [2.05, 4.69) is 24.0 Å². The van der Waals surface area contributed by atoms with Gasteiger partial charge in [-0.1, -0.05) is 37.3 Å². The summed E-state index contributed by atoms with van der Waals surface area (Å²) in [6.45, 7) is 5.55. The van der Waals surface area contributed by atoms with Gasteiger partial charge in [0.1, 0.15) is 6.10 Å². The maximum atomic E-state index is 12.5. The largest absolute Gasteiger partial charge is 0.368 e. The lowest BCUT2D eigenvalue weighted by atomic mass is 10.0. The number of ketones is 1. The molecule has 0 amide bonds. The number of likely N-dealkylation sites (N-methyl/N-ethyl adjacent to an activating group) is 1. The number of ether oxygens (including phenoxy) is 1. The van der Waals surface area contributed by atoms with Gasteiger partial charge in [-0.15, -0.1) is 0 Å². The number of hydrogen-bond donors (Lipinski definition) is 0. The van der Waals surface area contributed by atoms with Crippen LogP contribution < -0.4 is 0 Å². The van der Waals surface area contributed by atoms with E-state index in [0.29, 0.717) is 18.3 Å². The summed E-state index contributed by atoms with van der Waals surface area (Å²) in [5.41, 5.74) is 1.30. The highest BCUT2D eigenvalue weighted by molar-refractivity contribution is 5.89. The van der Waals surface area contributed by atoms with Crippen LogP contribution in [0.2, 0.25) is 0 Å². The number of morpholine rings is 1. The molecule has 19 heavy (non-hydrogen) atoms. The van der Waals surface area contributed by atoms with Crippen LogP contribution in [0.4, 0.5) is 0 Å². The Hall–Kier alpha value is -1.19. The van der Waals surface area contributed by atoms with Crippen LogP contribution in [0.5, 0.6) is 0 Å². The Morgan fingerprint density at radius 2 is 2.16 bits per heavy atom. The zero-order chi connectivity index (χ0) is 13.2. The molecule has 0 N–H and O–H groups in total. The highest BCUT2D eigenvalue weighted by Crippen LogP contribution is 2.48. The number of hydrogen-bond acceptors (Lipinski definition) is 3. The number of Topliss-reactive ketones (excluding diaryl/α,β-unsaturated/α-hetero) is 1. The van der Waals surface area contributed by atoms with E-state index >= 15 is 0 Å². The molecule has 0 spiro atoms. The van der Waals surface area contributed by atoms with Gasteiger partial charge in [-0.2, -0.15) is 0 Å². The maximum absolute atomic E-state index is 12.5. The zero-order valence-electron chi connectivity index (χ0n) is 11.4. The summed E-state index contributed by atoms with van der Waals surface area (Å²) in [7, 11) is 0. The number of rotatable bonds is 4. The van der Waals surface area contributed by atoms with E-state index in [4.69, 9.17) is 4.74 Å². The van der Waals surface area contributed by atoms with Gasteiger partial charge < -0.3 is 4.74 Å². The van der Waals surface area contributed by atoms with Gasteiger partial charge in [0, 0.05) is 19.0 Å². The van der Waals surface area contributed by atoms with Crippen LogP contribution in [0.25, 0.3) is 0 Å². The molecule has 1 aliphatic heterocycles. The van der Waals surface area contributed by atoms with E-state index in [1.807, 2.05) is 18.2 Å². The van der Waals surface area contributed by atoms with E-state index < -0.39 is 0 Å². The first-order chi connectivity index (χ1) is 9.29. The Morgan fingerprint density at radius 3 is 2.89 bits per heavy atom. The Balaban J connectivity index is 1.60. The average Bonchev–Trinajstić information content (AvgIpc) is 3.28. The Morgan fingerprint density at radius 1 is 1.37 bits per heavy atom. The Bertz CT molecular complexity index is 445. The molecule has 1 aromatic carbocycles. The molecule has 2 aliphatic rings. The van der Waals surface area contributed by atoms with Crippen LogP contribution in [-0.2, 0) is 9.53 Å². The molecule has 102 valence electrons. The monoisotopic (exact) mass is 259 g/mol. The van der Waals surface area contributed by atoms with Crippen molar-refractivity contribution in [2.24, 2.45) is 5.92 Å². The summed E-state index contributed by atoms with van der Waals surface area (Å²) in [5.74, 6) is 0.922. The fourth-order valence-electron chi connectivity index (χ4n) is 2.98. The molecular weight excluding hydrogens is 238 g/mol. The smallest absolute Gasteiger partial charge is 0.166 e. The molecule has 2 fully saturated rings. The predicted octanol–water partition coefficient (Wildman–Crippen LogP) is 2.08. The number of nitrogens with zero attached hydrogens (tertiary/aromatic N) is 1. The lowest BCUT2D eigenvalue weighted by Gasteiger charge is -2.31. The van der Waals surface area contributed by atoms with Crippen molar-refractivity contribution >= 4 is 5.78 Å². The molecule has 3 nitrogen and oxygen atoms in total. The molecule has 3 rings (SSSR count). The second kappa shape index (κ2) is 5.43. The first kappa shape index (κ1) is 12.8. The predicted molar refractivity (Wildman–Crippen MR) is 74.2 cm³/mol. The summed E-state index contributed by atoms with van der Waals surface area (Å²) in [6, 6.07) is 10.4. The van der Waals surface area contributed by atoms with Crippen molar-refractivity contribution in [3.05, 3.63) is 35.9 Å². The molecular formula is C16H21NO2. The second-order valence-electron chi connectivity index (χ2n) is 5.51. The molecule has 0 radical (unpaired) electrons. The number of carbonyl (C=O) groups is 1. The first-order valence-corrected chi connectivity index (χ1v) is 7.22. The molecule has 3 atom stereocenters. The standard InChI is InChI=1S/C16H21NO2/c1-2-17-8-9-19-15(11-17)16(18)14-10-13(14)12-6-4-3-5-7-12/h3-7,13-15H,2,8-11H2,1H3. The quantitative estimate of drug-likeness (QED) is 0.829. The Labute approximate surface area is 114 Å². The van der Waals surface area contributed by atoms with Crippen molar-refractivity contribution in [3.63, 3.8) is 0 Å². The summed E-state index contributed by atoms with van der Waals surface area (Å²) in [4.78, 5) is 14.8. The van der Waals surface area contributed by atoms with Crippen LogP contribution in [0, 0.1) is 5.92 Å². The SMILES string of the molecule is CCN1CCOC(C(=O)C2CC2c2ccccc2)C1. The highest BCUT2D eigenvalue weighted by Gasteiger charge is 2.46. The summed E-state index contributed by atoms with van der Waals surface area (Å²) in [5, 5.41) is 0. The van der Waals surface area contributed by atoms with Crippen LogP contribution in [0.3, 0.4) is 0 Å². The van der Waals surface area contributed by atoms with E-state index in [1.165, 1.54) is 5.56 Å². The Kier molecular flexibility index (Phi) is 3.67. The first-order valence-electron chi connectivity index (χ1n) is 7.22. The van der Waals surface area contributed by atoms with Gasteiger partial charge in [0.2, 0.25) is 0 Å². The molecule has 1 aromatic rings. The van der Waals surface area contributed by atoms with Gasteiger partial charge in [-0.25, -0.2) is 0 Å². The van der Waals surface area contributed by atoms with Gasteiger partial charge in [0.25, 0.3) is 0 Å². The molecule has 3 unspecified atom stereocenters. The molecule has 3 heteroatoms. The summed E-state index contributed by atoms with van der Waals surface area (Å²) >= 11 is 0. The van der Waals surface area contributed by atoms with Crippen molar-refractivity contribution in [1.82, 2.24) is 4.90 Å². The number of benzene rings is 1. The zero-order valence-corrected chi connectivity index (χ0v) is 11.4.